The van der Waals surface area contributed by atoms with Crippen molar-refractivity contribution in [1.82, 2.24) is 0 Å². The summed E-state index contributed by atoms with van der Waals surface area (Å²) in [5.74, 6) is 0.131. The molecular weight excluding hydrogens is 311 g/mol. The largest absolute Gasteiger partial charge is 0.573 e. The third kappa shape index (κ3) is 5.14. The summed E-state index contributed by atoms with van der Waals surface area (Å²) in [5.41, 5.74) is 1.57. The molecule has 23 heavy (non-hydrogen) atoms. The zero-order valence-electron chi connectivity index (χ0n) is 12.0. The van der Waals surface area contributed by atoms with Gasteiger partial charge in [0.05, 0.1) is 5.71 Å². The van der Waals surface area contributed by atoms with Crippen molar-refractivity contribution < 1.29 is 27.5 Å². The minimum Gasteiger partial charge on any atom is -0.406 e. The lowest BCUT2D eigenvalue weighted by Gasteiger charge is -2.09. The summed E-state index contributed by atoms with van der Waals surface area (Å²) in [6.07, 6.45) is -4.01. The van der Waals surface area contributed by atoms with Crippen LogP contribution in [-0.4, -0.2) is 18.4 Å². The average Bonchev–Trinajstić information content (AvgIpc) is 2.52. The molecule has 7 heteroatoms. The molecule has 0 unspecified atom stereocenters. The number of hydrogen-bond donors (Lipinski definition) is 0. The molecule has 0 fully saturated rings. The van der Waals surface area contributed by atoms with Crippen LogP contribution in [0.2, 0.25) is 0 Å². The first-order valence-electron chi connectivity index (χ1n) is 6.50. The van der Waals surface area contributed by atoms with E-state index in [0.717, 1.165) is 0 Å². The van der Waals surface area contributed by atoms with Crippen molar-refractivity contribution in [2.75, 3.05) is 0 Å². The van der Waals surface area contributed by atoms with Crippen LogP contribution in [-0.2, 0) is 0 Å². The minimum absolute atomic E-state index is 0.306. The molecule has 0 atom stereocenters. The summed E-state index contributed by atoms with van der Waals surface area (Å²) in [6, 6.07) is 11.6. The third-order valence-corrected chi connectivity index (χ3v) is 2.81. The number of alkyl halides is 3. The van der Waals surface area contributed by atoms with Crippen LogP contribution in [0.15, 0.2) is 53.7 Å². The first-order valence-corrected chi connectivity index (χ1v) is 6.50. The number of oxime groups is 1. The number of carbonyl (C=O) groups excluding carboxylic acids is 1. The molecule has 2 aromatic carbocycles. The Morgan fingerprint density at radius 3 is 2.09 bits per heavy atom. The molecule has 2 rings (SSSR count). The van der Waals surface area contributed by atoms with Crippen LogP contribution in [0.25, 0.3) is 0 Å². The van der Waals surface area contributed by atoms with Crippen LogP contribution >= 0.6 is 0 Å². The van der Waals surface area contributed by atoms with E-state index >= 15 is 0 Å². The Morgan fingerprint density at radius 2 is 1.57 bits per heavy atom. The molecule has 0 bridgehead atoms. The topological polar surface area (TPSA) is 47.9 Å². The maximum Gasteiger partial charge on any atom is 0.573 e. The van der Waals surface area contributed by atoms with E-state index < -0.39 is 6.36 Å². The zero-order valence-corrected chi connectivity index (χ0v) is 12.0. The Balaban J connectivity index is 2.03. The first kappa shape index (κ1) is 16.5. The van der Waals surface area contributed by atoms with E-state index in [1.807, 2.05) is 0 Å². The molecule has 0 aromatic heterocycles. The monoisotopic (exact) mass is 323 g/mol. The highest BCUT2D eigenvalue weighted by molar-refractivity contribution is 5.98. The normalized spacial score (nSPS) is 11.9. The van der Waals surface area contributed by atoms with Gasteiger partial charge in [-0.3, -0.25) is 4.79 Å². The van der Waals surface area contributed by atoms with Gasteiger partial charge in [-0.1, -0.05) is 5.16 Å². The summed E-state index contributed by atoms with van der Waals surface area (Å²) in [7, 11) is 0. The Labute approximate surface area is 130 Å². The molecule has 0 spiro atoms. The second kappa shape index (κ2) is 6.95. The summed E-state index contributed by atoms with van der Waals surface area (Å²) in [4.78, 5) is 15.7. The minimum atomic E-state index is -4.72. The highest BCUT2D eigenvalue weighted by atomic mass is 19.4. The van der Waals surface area contributed by atoms with E-state index in [0.29, 0.717) is 28.9 Å². The number of benzene rings is 2. The number of ether oxygens (including phenoxy) is 1. The molecule has 0 heterocycles. The van der Waals surface area contributed by atoms with Crippen molar-refractivity contribution >= 4 is 12.0 Å². The standard InChI is InChI=1S/C16H12F3NO3/c1-11(20-23-15-6-2-12(10-21)3-7-15)13-4-8-14(9-5-13)22-16(17,18)19/h2-10H,1H3/b20-11-. The Bertz CT molecular complexity index is 692. The highest BCUT2D eigenvalue weighted by Crippen LogP contribution is 2.23. The van der Waals surface area contributed by atoms with E-state index in [1.165, 1.54) is 24.3 Å². The molecule has 0 aliphatic heterocycles. The highest BCUT2D eigenvalue weighted by Gasteiger charge is 2.30. The van der Waals surface area contributed by atoms with E-state index in [2.05, 4.69) is 9.89 Å². The molecule has 120 valence electrons. The van der Waals surface area contributed by atoms with Crippen LogP contribution in [0.4, 0.5) is 13.2 Å². The van der Waals surface area contributed by atoms with Gasteiger partial charge in [-0.25, -0.2) is 0 Å². The summed E-state index contributed by atoms with van der Waals surface area (Å²) < 4.78 is 40.0. The molecule has 0 aliphatic carbocycles. The second-order valence-electron chi connectivity index (χ2n) is 4.53. The Morgan fingerprint density at radius 1 is 1.00 bits per heavy atom. The van der Waals surface area contributed by atoms with Gasteiger partial charge in [-0.05, 0) is 61.0 Å². The van der Waals surface area contributed by atoms with Gasteiger partial charge in [0.15, 0.2) is 5.75 Å². The van der Waals surface area contributed by atoms with Crippen molar-refractivity contribution in [1.29, 1.82) is 0 Å². The van der Waals surface area contributed by atoms with Crippen LogP contribution < -0.4 is 9.57 Å². The van der Waals surface area contributed by atoms with E-state index in [1.54, 1.807) is 31.2 Å². The van der Waals surface area contributed by atoms with Crippen molar-refractivity contribution in [3.63, 3.8) is 0 Å². The maximum absolute atomic E-state index is 12.1. The summed E-state index contributed by atoms with van der Waals surface area (Å²) >= 11 is 0. The maximum atomic E-state index is 12.1. The van der Waals surface area contributed by atoms with Crippen molar-refractivity contribution in [2.45, 2.75) is 13.3 Å². The average molecular weight is 323 g/mol. The number of aldehydes is 1. The Hall–Kier alpha value is -2.83. The zero-order chi connectivity index (χ0) is 16.9. The van der Waals surface area contributed by atoms with Gasteiger partial charge >= 0.3 is 6.36 Å². The number of halogens is 3. The predicted octanol–water partition coefficient (Wildman–Crippen LogP) is 4.20. The molecule has 0 saturated carbocycles. The molecule has 0 radical (unpaired) electrons. The lowest BCUT2D eigenvalue weighted by molar-refractivity contribution is -0.274. The van der Waals surface area contributed by atoms with E-state index in [4.69, 9.17) is 4.84 Å². The number of carbonyl (C=O) groups is 1. The molecule has 0 N–H and O–H groups in total. The molecular formula is C16H12F3NO3. The lowest BCUT2D eigenvalue weighted by atomic mass is 10.1. The SMILES string of the molecule is C/C(=N/Oc1ccc(C=O)cc1)c1ccc(OC(F)(F)F)cc1. The second-order valence-corrected chi connectivity index (χ2v) is 4.53. The molecule has 0 amide bonds. The van der Waals surface area contributed by atoms with Gasteiger partial charge in [-0.2, -0.15) is 0 Å². The van der Waals surface area contributed by atoms with E-state index in [9.17, 15) is 18.0 Å². The van der Waals surface area contributed by atoms with Crippen LogP contribution in [0.5, 0.6) is 11.5 Å². The van der Waals surface area contributed by atoms with Crippen molar-refractivity contribution in [2.24, 2.45) is 5.16 Å². The molecule has 0 saturated heterocycles. The van der Waals surface area contributed by atoms with E-state index in [-0.39, 0.29) is 5.75 Å². The summed E-state index contributed by atoms with van der Waals surface area (Å²) in [5, 5.41) is 3.89. The smallest absolute Gasteiger partial charge is 0.406 e. The van der Waals surface area contributed by atoms with Gasteiger partial charge in [0.1, 0.15) is 12.0 Å². The van der Waals surface area contributed by atoms with Crippen LogP contribution in [0, 0.1) is 0 Å². The number of rotatable bonds is 5. The molecule has 2 aromatic rings. The molecule has 0 aliphatic rings. The van der Waals surface area contributed by atoms with Crippen molar-refractivity contribution in [3.05, 3.63) is 59.7 Å². The Kier molecular flexibility index (Phi) is 5.00. The summed E-state index contributed by atoms with van der Waals surface area (Å²) in [6.45, 7) is 1.65. The quantitative estimate of drug-likeness (QED) is 0.471. The van der Waals surface area contributed by atoms with Gasteiger partial charge in [0.2, 0.25) is 0 Å². The van der Waals surface area contributed by atoms with Gasteiger partial charge in [-0.15, -0.1) is 13.2 Å². The predicted molar refractivity (Wildman–Crippen MR) is 77.8 cm³/mol. The van der Waals surface area contributed by atoms with Gasteiger partial charge in [0, 0.05) is 5.56 Å². The number of hydrogen-bond acceptors (Lipinski definition) is 4. The van der Waals surface area contributed by atoms with Gasteiger partial charge in [0.25, 0.3) is 0 Å². The fourth-order valence-electron chi connectivity index (χ4n) is 1.68. The van der Waals surface area contributed by atoms with Crippen LogP contribution in [0.3, 0.4) is 0 Å². The first-order chi connectivity index (χ1) is 10.9. The van der Waals surface area contributed by atoms with Gasteiger partial charge < -0.3 is 9.57 Å². The third-order valence-electron chi connectivity index (χ3n) is 2.81. The molecule has 4 nitrogen and oxygen atoms in total. The lowest BCUT2D eigenvalue weighted by Crippen LogP contribution is -2.17. The van der Waals surface area contributed by atoms with Crippen molar-refractivity contribution in [3.8, 4) is 11.5 Å². The fraction of sp³-hybridized carbons (Fsp3) is 0.125. The fourth-order valence-corrected chi connectivity index (χ4v) is 1.68. The van der Waals surface area contributed by atoms with Crippen LogP contribution in [0.1, 0.15) is 22.8 Å². The number of nitrogens with zero attached hydrogens (tertiary/aromatic N) is 1.